The Balaban J connectivity index is 1.92. The number of aromatic nitrogens is 1. The fourth-order valence-corrected chi connectivity index (χ4v) is 1.51. The second kappa shape index (κ2) is 4.42. The second-order valence-corrected chi connectivity index (χ2v) is 3.56. The molecule has 1 aliphatic heterocycles. The molecule has 1 fully saturated rings. The van der Waals surface area contributed by atoms with Gasteiger partial charge in [0.05, 0.1) is 19.4 Å². The largest absolute Gasteiger partial charge is 0.489 e. The Morgan fingerprint density at radius 2 is 2.14 bits per heavy atom. The molecule has 2 heterocycles. The Kier molecular flexibility index (Phi) is 2.99. The van der Waals surface area contributed by atoms with Gasteiger partial charge in [-0.25, -0.2) is 0 Å². The molecule has 1 saturated heterocycles. The quantitative estimate of drug-likeness (QED) is 0.719. The van der Waals surface area contributed by atoms with Crippen LogP contribution in [-0.4, -0.2) is 24.3 Å². The molecule has 0 amide bonds. The number of ether oxygens (including phenoxy) is 2. The van der Waals surface area contributed by atoms with Gasteiger partial charge in [-0.3, -0.25) is 4.98 Å². The molecule has 0 N–H and O–H groups in total. The zero-order valence-electron chi connectivity index (χ0n) is 8.40. The Bertz CT molecular complexity index is 278. The summed E-state index contributed by atoms with van der Waals surface area (Å²) in [6.45, 7) is 3.59. The van der Waals surface area contributed by atoms with Crippen LogP contribution in [0.2, 0.25) is 0 Å². The summed E-state index contributed by atoms with van der Waals surface area (Å²) in [6, 6.07) is 3.94. The van der Waals surface area contributed by atoms with Crippen LogP contribution in [0.1, 0.15) is 18.5 Å². The molecule has 14 heavy (non-hydrogen) atoms. The number of aryl methyl sites for hydroxylation is 1. The first kappa shape index (κ1) is 9.46. The maximum Gasteiger partial charge on any atom is 0.138 e. The fraction of sp³-hybridized carbons (Fsp3) is 0.545. The lowest BCUT2D eigenvalue weighted by Crippen LogP contribution is -2.25. The minimum Gasteiger partial charge on any atom is -0.489 e. The highest BCUT2D eigenvalue weighted by molar-refractivity contribution is 5.19. The van der Waals surface area contributed by atoms with Gasteiger partial charge in [0.2, 0.25) is 0 Å². The standard InChI is InChI=1S/C11H15NO2/c1-9-2-3-11(8-12-9)14-10-4-6-13-7-5-10/h2-3,8,10H,4-7H2,1H3. The van der Waals surface area contributed by atoms with Gasteiger partial charge in [0.25, 0.3) is 0 Å². The van der Waals surface area contributed by atoms with E-state index in [2.05, 4.69) is 4.98 Å². The second-order valence-electron chi connectivity index (χ2n) is 3.56. The molecule has 0 spiro atoms. The molecule has 0 atom stereocenters. The Labute approximate surface area is 84.1 Å². The highest BCUT2D eigenvalue weighted by Gasteiger charge is 2.14. The van der Waals surface area contributed by atoms with Crippen molar-refractivity contribution < 1.29 is 9.47 Å². The zero-order chi connectivity index (χ0) is 9.80. The third-order valence-electron chi connectivity index (χ3n) is 2.36. The molecule has 76 valence electrons. The van der Waals surface area contributed by atoms with E-state index in [4.69, 9.17) is 9.47 Å². The first-order valence-corrected chi connectivity index (χ1v) is 5.01. The van der Waals surface area contributed by atoms with E-state index in [0.29, 0.717) is 6.10 Å². The molecule has 0 saturated carbocycles. The van der Waals surface area contributed by atoms with Crippen LogP contribution in [0.4, 0.5) is 0 Å². The van der Waals surface area contributed by atoms with Crippen molar-refractivity contribution in [3.8, 4) is 5.75 Å². The maximum atomic E-state index is 5.77. The highest BCUT2D eigenvalue weighted by Crippen LogP contribution is 2.16. The lowest BCUT2D eigenvalue weighted by molar-refractivity contribution is 0.0254. The summed E-state index contributed by atoms with van der Waals surface area (Å²) in [7, 11) is 0. The van der Waals surface area contributed by atoms with Crippen molar-refractivity contribution in [3.63, 3.8) is 0 Å². The molecule has 3 heteroatoms. The van der Waals surface area contributed by atoms with E-state index in [9.17, 15) is 0 Å². The van der Waals surface area contributed by atoms with Crippen LogP contribution in [0.5, 0.6) is 5.75 Å². The van der Waals surface area contributed by atoms with E-state index in [0.717, 1.165) is 37.5 Å². The summed E-state index contributed by atoms with van der Waals surface area (Å²) < 4.78 is 11.0. The van der Waals surface area contributed by atoms with Gasteiger partial charge < -0.3 is 9.47 Å². The minimum absolute atomic E-state index is 0.299. The van der Waals surface area contributed by atoms with Crippen LogP contribution in [0.25, 0.3) is 0 Å². The minimum atomic E-state index is 0.299. The van der Waals surface area contributed by atoms with Gasteiger partial charge in [-0.1, -0.05) is 0 Å². The first-order chi connectivity index (χ1) is 6.84. The smallest absolute Gasteiger partial charge is 0.138 e. The lowest BCUT2D eigenvalue weighted by atomic mass is 10.1. The van der Waals surface area contributed by atoms with Gasteiger partial charge in [-0.2, -0.15) is 0 Å². The summed E-state index contributed by atoms with van der Waals surface area (Å²) in [6.07, 6.45) is 4.04. The molecule has 1 aromatic heterocycles. The molecule has 0 bridgehead atoms. The van der Waals surface area contributed by atoms with E-state index in [1.165, 1.54) is 0 Å². The Morgan fingerprint density at radius 3 is 2.79 bits per heavy atom. The van der Waals surface area contributed by atoms with Crippen molar-refractivity contribution in [1.29, 1.82) is 0 Å². The van der Waals surface area contributed by atoms with E-state index in [1.54, 1.807) is 6.20 Å². The zero-order valence-corrected chi connectivity index (χ0v) is 8.40. The summed E-state index contributed by atoms with van der Waals surface area (Å²) >= 11 is 0. The van der Waals surface area contributed by atoms with Crippen molar-refractivity contribution in [2.24, 2.45) is 0 Å². The number of nitrogens with zero attached hydrogens (tertiary/aromatic N) is 1. The van der Waals surface area contributed by atoms with Gasteiger partial charge in [0, 0.05) is 18.5 Å². The molecule has 0 radical (unpaired) electrons. The van der Waals surface area contributed by atoms with Crippen molar-refractivity contribution in [3.05, 3.63) is 24.0 Å². The van der Waals surface area contributed by atoms with Crippen LogP contribution in [0, 0.1) is 6.92 Å². The summed E-state index contributed by atoms with van der Waals surface area (Å²) in [5, 5.41) is 0. The number of pyridine rings is 1. The van der Waals surface area contributed by atoms with Crippen molar-refractivity contribution in [2.75, 3.05) is 13.2 Å². The number of rotatable bonds is 2. The Hall–Kier alpha value is -1.09. The third kappa shape index (κ3) is 2.45. The normalized spacial score (nSPS) is 18.1. The molecular formula is C11H15NO2. The van der Waals surface area contributed by atoms with E-state index in [-0.39, 0.29) is 0 Å². The van der Waals surface area contributed by atoms with Gasteiger partial charge in [-0.05, 0) is 19.1 Å². The maximum absolute atomic E-state index is 5.77. The molecule has 2 rings (SSSR count). The molecule has 1 aromatic rings. The number of hydrogen-bond acceptors (Lipinski definition) is 3. The van der Waals surface area contributed by atoms with E-state index in [1.807, 2.05) is 19.1 Å². The van der Waals surface area contributed by atoms with Gasteiger partial charge >= 0.3 is 0 Å². The Morgan fingerprint density at radius 1 is 1.36 bits per heavy atom. The van der Waals surface area contributed by atoms with Crippen LogP contribution in [0.15, 0.2) is 18.3 Å². The number of hydrogen-bond donors (Lipinski definition) is 0. The van der Waals surface area contributed by atoms with Crippen molar-refractivity contribution in [1.82, 2.24) is 4.98 Å². The molecular weight excluding hydrogens is 178 g/mol. The van der Waals surface area contributed by atoms with E-state index < -0.39 is 0 Å². The third-order valence-corrected chi connectivity index (χ3v) is 2.36. The van der Waals surface area contributed by atoms with Crippen molar-refractivity contribution >= 4 is 0 Å². The van der Waals surface area contributed by atoms with E-state index >= 15 is 0 Å². The topological polar surface area (TPSA) is 31.4 Å². The molecule has 1 aliphatic rings. The molecule has 0 aliphatic carbocycles. The average Bonchev–Trinajstić information content (AvgIpc) is 2.23. The average molecular weight is 193 g/mol. The van der Waals surface area contributed by atoms with Gasteiger partial charge in [0.15, 0.2) is 0 Å². The van der Waals surface area contributed by atoms with Crippen LogP contribution in [0.3, 0.4) is 0 Å². The summed E-state index contributed by atoms with van der Waals surface area (Å²) in [4.78, 5) is 4.19. The molecule has 0 unspecified atom stereocenters. The predicted octanol–water partition coefficient (Wildman–Crippen LogP) is 1.95. The van der Waals surface area contributed by atoms with Gasteiger partial charge in [0.1, 0.15) is 11.9 Å². The summed E-state index contributed by atoms with van der Waals surface area (Å²) in [5.41, 5.74) is 1.02. The predicted molar refractivity (Wildman–Crippen MR) is 53.4 cm³/mol. The van der Waals surface area contributed by atoms with Gasteiger partial charge in [-0.15, -0.1) is 0 Å². The summed E-state index contributed by atoms with van der Waals surface area (Å²) in [5.74, 6) is 0.863. The molecule has 0 aromatic carbocycles. The lowest BCUT2D eigenvalue weighted by Gasteiger charge is -2.23. The van der Waals surface area contributed by atoms with Crippen LogP contribution in [-0.2, 0) is 4.74 Å². The SMILES string of the molecule is Cc1ccc(OC2CCOCC2)cn1. The van der Waals surface area contributed by atoms with Crippen molar-refractivity contribution in [2.45, 2.75) is 25.9 Å². The van der Waals surface area contributed by atoms with Crippen LogP contribution < -0.4 is 4.74 Å². The monoisotopic (exact) mass is 193 g/mol. The fourth-order valence-electron chi connectivity index (χ4n) is 1.51. The molecule has 3 nitrogen and oxygen atoms in total. The van der Waals surface area contributed by atoms with Crippen LogP contribution >= 0.6 is 0 Å². The first-order valence-electron chi connectivity index (χ1n) is 5.01. The highest BCUT2D eigenvalue weighted by atomic mass is 16.5.